The molecule has 16 heavy (non-hydrogen) atoms. The monoisotopic (exact) mass is 241 g/mol. The van der Waals surface area contributed by atoms with Gasteiger partial charge in [0.1, 0.15) is 17.3 Å². The van der Waals surface area contributed by atoms with Crippen molar-refractivity contribution in [2.75, 3.05) is 18.5 Å². The summed E-state index contributed by atoms with van der Waals surface area (Å²) in [5.41, 5.74) is 0.817. The van der Waals surface area contributed by atoms with Crippen LogP contribution >= 0.6 is 11.6 Å². The highest BCUT2D eigenvalue weighted by Gasteiger charge is 2.11. The Balaban J connectivity index is 2.39. The van der Waals surface area contributed by atoms with Crippen molar-refractivity contribution in [1.82, 2.24) is 19.6 Å². The predicted molar refractivity (Wildman–Crippen MR) is 60.7 cm³/mol. The van der Waals surface area contributed by atoms with Gasteiger partial charge in [-0.3, -0.25) is 0 Å². The van der Waals surface area contributed by atoms with E-state index < -0.39 is 0 Å². The largest absolute Gasteiger partial charge is 0.396 e. The Hall–Kier alpha value is -1.40. The van der Waals surface area contributed by atoms with Crippen LogP contribution in [0.2, 0.25) is 5.15 Å². The molecule has 2 rings (SSSR count). The number of aromatic nitrogens is 4. The van der Waals surface area contributed by atoms with Gasteiger partial charge >= 0.3 is 0 Å². The van der Waals surface area contributed by atoms with E-state index in [1.807, 2.05) is 6.92 Å². The molecule has 0 aliphatic rings. The van der Waals surface area contributed by atoms with Crippen molar-refractivity contribution in [3.8, 4) is 0 Å². The number of aliphatic hydroxyl groups excluding tert-OH is 1. The van der Waals surface area contributed by atoms with E-state index in [2.05, 4.69) is 20.4 Å². The molecule has 0 saturated carbocycles. The smallest absolute Gasteiger partial charge is 0.255 e. The van der Waals surface area contributed by atoms with E-state index in [0.29, 0.717) is 23.9 Å². The van der Waals surface area contributed by atoms with Crippen LogP contribution in [0.3, 0.4) is 0 Å². The van der Waals surface area contributed by atoms with Crippen LogP contribution < -0.4 is 5.32 Å². The normalized spacial score (nSPS) is 10.9. The van der Waals surface area contributed by atoms with E-state index in [1.165, 1.54) is 6.33 Å². The Morgan fingerprint density at radius 2 is 2.38 bits per heavy atom. The fourth-order valence-corrected chi connectivity index (χ4v) is 1.56. The summed E-state index contributed by atoms with van der Waals surface area (Å²) in [6.07, 6.45) is 2.09. The second-order valence-corrected chi connectivity index (χ2v) is 3.71. The molecule has 0 unspecified atom stereocenters. The quantitative estimate of drug-likeness (QED) is 0.614. The van der Waals surface area contributed by atoms with Gasteiger partial charge in [-0.25, -0.2) is 0 Å². The molecule has 0 aliphatic carbocycles. The minimum Gasteiger partial charge on any atom is -0.396 e. The molecule has 86 valence electrons. The van der Waals surface area contributed by atoms with Crippen molar-refractivity contribution in [2.45, 2.75) is 13.3 Å². The number of hydrogen-bond acceptors (Lipinski definition) is 5. The van der Waals surface area contributed by atoms with Crippen LogP contribution in [-0.4, -0.2) is 37.8 Å². The second-order valence-electron chi connectivity index (χ2n) is 3.35. The number of fused-ring (bicyclic) bond motifs is 1. The summed E-state index contributed by atoms with van der Waals surface area (Å²) in [5, 5.41) is 16.4. The van der Waals surface area contributed by atoms with Crippen molar-refractivity contribution in [2.24, 2.45) is 0 Å². The fourth-order valence-electron chi connectivity index (χ4n) is 1.39. The summed E-state index contributed by atoms with van der Waals surface area (Å²) in [7, 11) is 0. The summed E-state index contributed by atoms with van der Waals surface area (Å²) in [6, 6.07) is 0. The number of halogens is 1. The molecule has 0 saturated heterocycles. The van der Waals surface area contributed by atoms with Crippen molar-refractivity contribution < 1.29 is 5.11 Å². The molecule has 0 bridgehead atoms. The highest BCUT2D eigenvalue weighted by atomic mass is 35.5. The molecule has 0 fully saturated rings. The molecule has 7 heteroatoms. The minimum atomic E-state index is 0.144. The predicted octanol–water partition coefficient (Wildman–Crippen LogP) is 0.880. The van der Waals surface area contributed by atoms with E-state index in [9.17, 15) is 0 Å². The molecule has 6 nitrogen and oxygen atoms in total. The van der Waals surface area contributed by atoms with Crippen LogP contribution in [0.15, 0.2) is 6.33 Å². The second kappa shape index (κ2) is 4.63. The van der Waals surface area contributed by atoms with Gasteiger partial charge in [0.05, 0.1) is 0 Å². The molecule has 0 spiro atoms. The Morgan fingerprint density at radius 1 is 1.56 bits per heavy atom. The maximum atomic E-state index is 8.73. The molecule has 2 N–H and O–H groups in total. The number of hydrogen-bond donors (Lipinski definition) is 2. The van der Waals surface area contributed by atoms with Crippen LogP contribution in [0.5, 0.6) is 0 Å². The average molecular weight is 242 g/mol. The fraction of sp³-hybridized carbons (Fsp3) is 0.444. The van der Waals surface area contributed by atoms with Gasteiger partial charge in [0.15, 0.2) is 0 Å². The molecule has 2 aromatic rings. The third-order valence-corrected chi connectivity index (χ3v) is 2.60. The number of anilines is 1. The van der Waals surface area contributed by atoms with Gasteiger partial charge in [-0.2, -0.15) is 19.6 Å². The first-order valence-electron chi connectivity index (χ1n) is 4.94. The number of rotatable bonds is 4. The van der Waals surface area contributed by atoms with Crippen LogP contribution in [-0.2, 0) is 0 Å². The first-order valence-corrected chi connectivity index (χ1v) is 5.32. The zero-order chi connectivity index (χ0) is 11.5. The summed E-state index contributed by atoms with van der Waals surface area (Å²) in [4.78, 5) is 8.07. The summed E-state index contributed by atoms with van der Waals surface area (Å²) < 4.78 is 1.60. The SMILES string of the molecule is Cc1c(Cl)nc2ncnn2c1NCCCO. The Morgan fingerprint density at radius 3 is 3.12 bits per heavy atom. The zero-order valence-electron chi connectivity index (χ0n) is 8.81. The van der Waals surface area contributed by atoms with E-state index in [4.69, 9.17) is 16.7 Å². The lowest BCUT2D eigenvalue weighted by Crippen LogP contribution is -2.11. The Kier molecular flexibility index (Phi) is 3.21. The van der Waals surface area contributed by atoms with Crippen molar-refractivity contribution in [3.63, 3.8) is 0 Å². The van der Waals surface area contributed by atoms with Gasteiger partial charge in [0.25, 0.3) is 5.78 Å². The zero-order valence-corrected chi connectivity index (χ0v) is 9.57. The lowest BCUT2D eigenvalue weighted by molar-refractivity contribution is 0.292. The summed E-state index contributed by atoms with van der Waals surface area (Å²) >= 11 is 5.98. The first-order chi connectivity index (χ1) is 7.74. The molecule has 2 aromatic heterocycles. The Labute approximate surface area is 97.3 Å². The molecular weight excluding hydrogens is 230 g/mol. The van der Waals surface area contributed by atoms with Gasteiger partial charge < -0.3 is 10.4 Å². The third kappa shape index (κ3) is 1.94. The van der Waals surface area contributed by atoms with Gasteiger partial charge in [0, 0.05) is 18.7 Å². The van der Waals surface area contributed by atoms with Gasteiger partial charge in [-0.15, -0.1) is 0 Å². The summed E-state index contributed by atoms with van der Waals surface area (Å²) in [5.74, 6) is 1.23. The topological polar surface area (TPSA) is 75.3 Å². The molecule has 2 heterocycles. The van der Waals surface area contributed by atoms with Gasteiger partial charge in [0.2, 0.25) is 0 Å². The molecule has 0 aromatic carbocycles. The standard InChI is InChI=1S/C9H12ClN5O/c1-6-7(10)14-9-12-5-13-15(9)8(6)11-3-2-4-16/h5,11,16H,2-4H2,1H3. The maximum absolute atomic E-state index is 8.73. The van der Waals surface area contributed by atoms with Crippen molar-refractivity contribution >= 4 is 23.2 Å². The lowest BCUT2D eigenvalue weighted by Gasteiger charge is -2.10. The van der Waals surface area contributed by atoms with Crippen LogP contribution in [0.1, 0.15) is 12.0 Å². The molecule has 0 amide bonds. The average Bonchev–Trinajstić information content (AvgIpc) is 2.71. The number of nitrogens with zero attached hydrogens (tertiary/aromatic N) is 4. The van der Waals surface area contributed by atoms with Crippen LogP contribution in [0.4, 0.5) is 5.82 Å². The van der Waals surface area contributed by atoms with Crippen molar-refractivity contribution in [1.29, 1.82) is 0 Å². The Bertz CT molecular complexity index is 498. The van der Waals surface area contributed by atoms with E-state index in [1.54, 1.807) is 4.52 Å². The summed E-state index contributed by atoms with van der Waals surface area (Å²) in [6.45, 7) is 2.65. The highest BCUT2D eigenvalue weighted by Crippen LogP contribution is 2.21. The van der Waals surface area contributed by atoms with E-state index in [0.717, 1.165) is 11.4 Å². The third-order valence-electron chi connectivity index (χ3n) is 2.23. The molecule has 0 radical (unpaired) electrons. The van der Waals surface area contributed by atoms with Gasteiger partial charge in [-0.05, 0) is 13.3 Å². The lowest BCUT2D eigenvalue weighted by atomic mass is 10.3. The number of nitrogens with one attached hydrogen (secondary N) is 1. The number of aliphatic hydroxyl groups is 1. The molecule has 0 atom stereocenters. The molecule has 0 aliphatic heterocycles. The first kappa shape index (κ1) is 11.1. The minimum absolute atomic E-state index is 0.144. The van der Waals surface area contributed by atoms with Crippen LogP contribution in [0.25, 0.3) is 5.78 Å². The van der Waals surface area contributed by atoms with E-state index >= 15 is 0 Å². The van der Waals surface area contributed by atoms with Gasteiger partial charge in [-0.1, -0.05) is 11.6 Å². The maximum Gasteiger partial charge on any atom is 0.255 e. The van der Waals surface area contributed by atoms with E-state index in [-0.39, 0.29) is 6.61 Å². The highest BCUT2D eigenvalue weighted by molar-refractivity contribution is 6.30. The molecular formula is C9H12ClN5O. The van der Waals surface area contributed by atoms with Crippen LogP contribution in [0, 0.1) is 6.92 Å². The van der Waals surface area contributed by atoms with Crippen molar-refractivity contribution in [3.05, 3.63) is 17.0 Å².